The van der Waals surface area contributed by atoms with Gasteiger partial charge in [-0.2, -0.15) is 0 Å². The number of anilines is 3. The summed E-state index contributed by atoms with van der Waals surface area (Å²) in [4.78, 5) is 29.0. The molecule has 1 N–H and O–H groups in total. The van der Waals surface area contributed by atoms with Gasteiger partial charge in [-0.05, 0) is 55.7 Å². The van der Waals surface area contributed by atoms with Crippen molar-refractivity contribution in [1.29, 1.82) is 0 Å². The SMILES string of the molecule is O=C(Nc1ccc(N2CCCC2)cc1)C1CCC(=O)N1c1ccccc1. The molecule has 0 aromatic heterocycles. The fraction of sp³-hybridized carbons (Fsp3) is 0.333. The molecule has 2 fully saturated rings. The first-order chi connectivity index (χ1) is 12.7. The van der Waals surface area contributed by atoms with Gasteiger partial charge < -0.3 is 10.2 Å². The third-order valence-electron chi connectivity index (χ3n) is 5.16. The topological polar surface area (TPSA) is 52.7 Å². The van der Waals surface area contributed by atoms with Crippen molar-refractivity contribution in [2.24, 2.45) is 0 Å². The van der Waals surface area contributed by atoms with Gasteiger partial charge in [-0.25, -0.2) is 0 Å². The number of benzene rings is 2. The van der Waals surface area contributed by atoms with E-state index in [1.165, 1.54) is 18.5 Å². The van der Waals surface area contributed by atoms with Crippen molar-refractivity contribution in [3.8, 4) is 0 Å². The highest BCUT2D eigenvalue weighted by Gasteiger charge is 2.37. The number of amides is 2. The Labute approximate surface area is 153 Å². The molecule has 4 rings (SSSR count). The van der Waals surface area contributed by atoms with Crippen LogP contribution in [0.1, 0.15) is 25.7 Å². The lowest BCUT2D eigenvalue weighted by molar-refractivity contribution is -0.120. The first-order valence-corrected chi connectivity index (χ1v) is 9.25. The van der Waals surface area contributed by atoms with Gasteiger partial charge in [0.25, 0.3) is 0 Å². The summed E-state index contributed by atoms with van der Waals surface area (Å²) >= 11 is 0. The normalized spacial score (nSPS) is 19.8. The average molecular weight is 349 g/mol. The molecule has 0 bridgehead atoms. The standard InChI is InChI=1S/C21H23N3O2/c25-20-13-12-19(24(20)18-6-2-1-3-7-18)21(26)22-16-8-10-17(11-9-16)23-14-4-5-15-23/h1-3,6-11,19H,4-5,12-15H2,(H,22,26). The van der Waals surface area contributed by atoms with E-state index in [4.69, 9.17) is 0 Å². The zero-order valence-corrected chi connectivity index (χ0v) is 14.7. The van der Waals surface area contributed by atoms with Crippen LogP contribution < -0.4 is 15.1 Å². The molecule has 2 aromatic carbocycles. The van der Waals surface area contributed by atoms with Crippen molar-refractivity contribution in [2.75, 3.05) is 28.2 Å². The van der Waals surface area contributed by atoms with Crippen LogP contribution in [0.2, 0.25) is 0 Å². The lowest BCUT2D eigenvalue weighted by Gasteiger charge is -2.24. The summed E-state index contributed by atoms with van der Waals surface area (Å²) in [5, 5.41) is 2.97. The molecule has 5 nitrogen and oxygen atoms in total. The fourth-order valence-corrected chi connectivity index (χ4v) is 3.80. The number of nitrogens with zero attached hydrogens (tertiary/aromatic N) is 2. The molecule has 26 heavy (non-hydrogen) atoms. The maximum absolute atomic E-state index is 12.8. The van der Waals surface area contributed by atoms with Crippen LogP contribution in [0.15, 0.2) is 54.6 Å². The molecule has 2 aliphatic rings. The van der Waals surface area contributed by atoms with Gasteiger partial charge in [0.2, 0.25) is 11.8 Å². The number of nitrogens with one attached hydrogen (secondary N) is 1. The quantitative estimate of drug-likeness (QED) is 0.920. The molecular weight excluding hydrogens is 326 g/mol. The Morgan fingerprint density at radius 2 is 1.62 bits per heavy atom. The molecule has 0 spiro atoms. The van der Waals surface area contributed by atoms with E-state index in [1.54, 1.807) is 4.90 Å². The second kappa shape index (κ2) is 7.20. The molecule has 0 radical (unpaired) electrons. The minimum atomic E-state index is -0.455. The number of carbonyl (C=O) groups excluding carboxylic acids is 2. The minimum absolute atomic E-state index is 0.000677. The van der Waals surface area contributed by atoms with Crippen LogP contribution in [0, 0.1) is 0 Å². The van der Waals surface area contributed by atoms with Gasteiger partial charge in [-0.15, -0.1) is 0 Å². The summed E-state index contributed by atoms with van der Waals surface area (Å²) in [6.07, 6.45) is 3.43. The highest BCUT2D eigenvalue weighted by molar-refractivity contribution is 6.07. The Kier molecular flexibility index (Phi) is 4.61. The highest BCUT2D eigenvalue weighted by atomic mass is 16.2. The first-order valence-electron chi connectivity index (χ1n) is 9.25. The molecule has 2 amide bonds. The van der Waals surface area contributed by atoms with E-state index in [2.05, 4.69) is 22.3 Å². The largest absolute Gasteiger partial charge is 0.372 e. The van der Waals surface area contributed by atoms with Crippen LogP contribution in [0.4, 0.5) is 17.1 Å². The zero-order valence-electron chi connectivity index (χ0n) is 14.7. The predicted molar refractivity (Wildman–Crippen MR) is 103 cm³/mol. The van der Waals surface area contributed by atoms with Crippen LogP contribution >= 0.6 is 0 Å². The van der Waals surface area contributed by atoms with Crippen molar-refractivity contribution in [1.82, 2.24) is 0 Å². The van der Waals surface area contributed by atoms with E-state index in [0.717, 1.165) is 24.5 Å². The van der Waals surface area contributed by atoms with Crippen LogP contribution in [-0.2, 0) is 9.59 Å². The van der Waals surface area contributed by atoms with Crippen molar-refractivity contribution in [3.63, 3.8) is 0 Å². The minimum Gasteiger partial charge on any atom is -0.372 e. The molecule has 2 heterocycles. The molecule has 1 atom stereocenters. The van der Waals surface area contributed by atoms with Gasteiger partial charge in [0.15, 0.2) is 0 Å². The monoisotopic (exact) mass is 349 g/mol. The third-order valence-corrected chi connectivity index (χ3v) is 5.16. The van der Waals surface area contributed by atoms with Crippen LogP contribution in [0.3, 0.4) is 0 Å². The molecular formula is C21H23N3O2. The second-order valence-electron chi connectivity index (χ2n) is 6.88. The van der Waals surface area contributed by atoms with E-state index < -0.39 is 6.04 Å². The molecule has 134 valence electrons. The second-order valence-corrected chi connectivity index (χ2v) is 6.88. The Hall–Kier alpha value is -2.82. The Morgan fingerprint density at radius 1 is 0.923 bits per heavy atom. The Bertz CT molecular complexity index is 783. The number of para-hydroxylation sites is 1. The summed E-state index contributed by atoms with van der Waals surface area (Å²) in [6, 6.07) is 16.9. The van der Waals surface area contributed by atoms with Crippen molar-refractivity contribution in [3.05, 3.63) is 54.6 Å². The fourth-order valence-electron chi connectivity index (χ4n) is 3.80. The van der Waals surface area contributed by atoms with E-state index >= 15 is 0 Å². The Balaban J connectivity index is 1.46. The van der Waals surface area contributed by atoms with Crippen LogP contribution in [0.25, 0.3) is 0 Å². The van der Waals surface area contributed by atoms with E-state index in [-0.39, 0.29) is 11.8 Å². The maximum Gasteiger partial charge on any atom is 0.247 e. The molecule has 1 unspecified atom stereocenters. The third kappa shape index (κ3) is 3.29. The molecule has 5 heteroatoms. The molecule has 2 saturated heterocycles. The van der Waals surface area contributed by atoms with E-state index in [9.17, 15) is 9.59 Å². The summed E-state index contributed by atoms with van der Waals surface area (Å²) < 4.78 is 0. The molecule has 0 saturated carbocycles. The van der Waals surface area contributed by atoms with Crippen molar-refractivity contribution in [2.45, 2.75) is 31.7 Å². The van der Waals surface area contributed by atoms with Gasteiger partial charge in [0, 0.05) is 36.6 Å². The van der Waals surface area contributed by atoms with Crippen molar-refractivity contribution < 1.29 is 9.59 Å². The van der Waals surface area contributed by atoms with E-state index in [1.807, 2.05) is 42.5 Å². The number of hydrogen-bond donors (Lipinski definition) is 1. The van der Waals surface area contributed by atoms with Crippen LogP contribution in [-0.4, -0.2) is 30.9 Å². The first kappa shape index (κ1) is 16.6. The average Bonchev–Trinajstić information content (AvgIpc) is 3.33. The lowest BCUT2D eigenvalue weighted by Crippen LogP contribution is -2.41. The molecule has 2 aliphatic heterocycles. The summed E-state index contributed by atoms with van der Waals surface area (Å²) in [5.74, 6) is -0.130. The summed E-state index contributed by atoms with van der Waals surface area (Å²) in [7, 11) is 0. The number of rotatable bonds is 4. The Morgan fingerprint density at radius 3 is 2.31 bits per heavy atom. The predicted octanol–water partition coefficient (Wildman–Crippen LogP) is 3.42. The van der Waals surface area contributed by atoms with Gasteiger partial charge in [-0.1, -0.05) is 18.2 Å². The van der Waals surface area contributed by atoms with Gasteiger partial charge in [0.1, 0.15) is 6.04 Å². The van der Waals surface area contributed by atoms with E-state index in [0.29, 0.717) is 12.8 Å². The molecule has 2 aromatic rings. The van der Waals surface area contributed by atoms with Crippen LogP contribution in [0.5, 0.6) is 0 Å². The summed E-state index contributed by atoms with van der Waals surface area (Å²) in [6.45, 7) is 2.20. The maximum atomic E-state index is 12.8. The number of hydrogen-bond acceptors (Lipinski definition) is 3. The summed E-state index contributed by atoms with van der Waals surface area (Å²) in [5.41, 5.74) is 2.74. The van der Waals surface area contributed by atoms with Gasteiger partial charge in [0.05, 0.1) is 0 Å². The smallest absolute Gasteiger partial charge is 0.247 e. The van der Waals surface area contributed by atoms with Gasteiger partial charge >= 0.3 is 0 Å². The van der Waals surface area contributed by atoms with Crippen molar-refractivity contribution >= 4 is 28.9 Å². The van der Waals surface area contributed by atoms with Gasteiger partial charge in [-0.3, -0.25) is 14.5 Å². The lowest BCUT2D eigenvalue weighted by atomic mass is 10.1. The number of carbonyl (C=O) groups is 2. The highest BCUT2D eigenvalue weighted by Crippen LogP contribution is 2.28. The molecule has 0 aliphatic carbocycles. The zero-order chi connectivity index (χ0) is 17.9.